The Morgan fingerprint density at radius 3 is 2.67 bits per heavy atom. The maximum Gasteiger partial charge on any atom is 0.417 e. The minimum Gasteiger partial charge on any atom is -0.506 e. The average molecular weight is 359 g/mol. The lowest BCUT2D eigenvalue weighted by Gasteiger charge is -2.13. The molecular formula is C16H14ClF3N2O2. The third-order valence-electron chi connectivity index (χ3n) is 3.22. The van der Waals surface area contributed by atoms with Crippen LogP contribution in [-0.2, 0) is 12.6 Å². The van der Waals surface area contributed by atoms with E-state index < -0.39 is 28.4 Å². The molecule has 0 atom stereocenters. The van der Waals surface area contributed by atoms with E-state index in [9.17, 15) is 23.1 Å². The van der Waals surface area contributed by atoms with Crippen LogP contribution in [0.1, 0.15) is 35.0 Å². The first kappa shape index (κ1) is 18.1. The predicted molar refractivity (Wildman–Crippen MR) is 84.3 cm³/mol. The molecule has 0 radical (unpaired) electrons. The number of aromatic hydroxyl groups is 1. The minimum absolute atomic E-state index is 0.233. The summed E-state index contributed by atoms with van der Waals surface area (Å²) in [5.74, 6) is -1.20. The molecule has 0 saturated carbocycles. The number of aromatic nitrogens is 1. The Hall–Kier alpha value is -2.28. The molecule has 0 saturated heterocycles. The molecule has 1 aromatic carbocycles. The van der Waals surface area contributed by atoms with Crippen LogP contribution in [0.15, 0.2) is 30.5 Å². The Labute approximate surface area is 141 Å². The van der Waals surface area contributed by atoms with Crippen LogP contribution >= 0.6 is 11.6 Å². The number of carbonyl (C=O) groups is 1. The molecule has 1 amide bonds. The second-order valence-electron chi connectivity index (χ2n) is 5.09. The normalized spacial score (nSPS) is 11.4. The van der Waals surface area contributed by atoms with Gasteiger partial charge >= 0.3 is 6.18 Å². The quantitative estimate of drug-likeness (QED) is 0.781. The first-order chi connectivity index (χ1) is 11.2. The van der Waals surface area contributed by atoms with E-state index in [2.05, 4.69) is 10.3 Å². The van der Waals surface area contributed by atoms with Crippen molar-refractivity contribution in [1.29, 1.82) is 0 Å². The molecule has 24 heavy (non-hydrogen) atoms. The summed E-state index contributed by atoms with van der Waals surface area (Å²) in [6.07, 6.45) is -1.74. The topological polar surface area (TPSA) is 62.2 Å². The molecule has 0 aliphatic heterocycles. The van der Waals surface area contributed by atoms with Gasteiger partial charge < -0.3 is 10.4 Å². The van der Waals surface area contributed by atoms with Gasteiger partial charge in [-0.2, -0.15) is 13.2 Å². The highest BCUT2D eigenvalue weighted by atomic mass is 35.5. The molecule has 128 valence electrons. The van der Waals surface area contributed by atoms with Crippen molar-refractivity contribution in [3.63, 3.8) is 0 Å². The number of aryl methyl sites for hydroxylation is 1. The standard InChI is InChI=1S/C16H14ClF3N2O2/c1-2-3-10-6-9(4-5-21-10)15(24)22-13-7-11(16(18,19)20)12(17)8-14(13)23/h4-8,23H,2-3H2,1H3,(H,22,24). The van der Waals surface area contributed by atoms with E-state index in [4.69, 9.17) is 11.6 Å². The van der Waals surface area contributed by atoms with Crippen molar-refractivity contribution in [3.05, 3.63) is 52.3 Å². The SMILES string of the molecule is CCCc1cc(C(=O)Nc2cc(C(F)(F)F)c(Cl)cc2O)ccn1. The number of pyridine rings is 1. The lowest BCUT2D eigenvalue weighted by molar-refractivity contribution is -0.137. The zero-order valence-electron chi connectivity index (χ0n) is 12.6. The van der Waals surface area contributed by atoms with Gasteiger partial charge in [0.05, 0.1) is 16.3 Å². The predicted octanol–water partition coefficient (Wildman–Crippen LogP) is 4.66. The number of carbonyl (C=O) groups excluding carboxylic acids is 1. The molecule has 8 heteroatoms. The van der Waals surface area contributed by atoms with Crippen molar-refractivity contribution in [2.45, 2.75) is 25.9 Å². The zero-order valence-corrected chi connectivity index (χ0v) is 13.4. The van der Waals surface area contributed by atoms with Gasteiger partial charge in [0.1, 0.15) is 5.75 Å². The summed E-state index contributed by atoms with van der Waals surface area (Å²) >= 11 is 5.49. The van der Waals surface area contributed by atoms with E-state index in [1.54, 1.807) is 6.07 Å². The summed E-state index contributed by atoms with van der Waals surface area (Å²) in [5.41, 5.74) is -0.581. The molecule has 0 bridgehead atoms. The van der Waals surface area contributed by atoms with Crippen LogP contribution in [0.25, 0.3) is 0 Å². The van der Waals surface area contributed by atoms with Crippen molar-refractivity contribution >= 4 is 23.2 Å². The summed E-state index contributed by atoms with van der Waals surface area (Å²) in [5, 5.41) is 11.4. The summed E-state index contributed by atoms with van der Waals surface area (Å²) in [4.78, 5) is 16.3. The van der Waals surface area contributed by atoms with E-state index in [-0.39, 0.29) is 11.3 Å². The lowest BCUT2D eigenvalue weighted by atomic mass is 10.1. The summed E-state index contributed by atoms with van der Waals surface area (Å²) in [6, 6.07) is 4.33. The monoisotopic (exact) mass is 358 g/mol. The van der Waals surface area contributed by atoms with Crippen LogP contribution in [0, 0.1) is 0 Å². The molecule has 0 fully saturated rings. The highest BCUT2D eigenvalue weighted by Crippen LogP contribution is 2.40. The van der Waals surface area contributed by atoms with E-state index in [1.807, 2.05) is 6.92 Å². The maximum absolute atomic E-state index is 12.9. The van der Waals surface area contributed by atoms with Gasteiger partial charge in [0.25, 0.3) is 5.91 Å². The molecule has 2 aromatic rings. The van der Waals surface area contributed by atoms with E-state index in [0.717, 1.165) is 12.5 Å². The maximum atomic E-state index is 12.9. The highest BCUT2D eigenvalue weighted by Gasteiger charge is 2.34. The number of nitrogens with zero attached hydrogens (tertiary/aromatic N) is 1. The lowest BCUT2D eigenvalue weighted by Crippen LogP contribution is -2.14. The molecule has 2 rings (SSSR count). The van der Waals surface area contributed by atoms with E-state index in [0.29, 0.717) is 18.2 Å². The highest BCUT2D eigenvalue weighted by molar-refractivity contribution is 6.31. The number of halogens is 4. The van der Waals surface area contributed by atoms with Crippen molar-refractivity contribution in [2.24, 2.45) is 0 Å². The number of phenols is 1. The summed E-state index contributed by atoms with van der Waals surface area (Å²) < 4.78 is 38.6. The molecule has 1 aromatic heterocycles. The van der Waals surface area contributed by atoms with Crippen LogP contribution in [0.2, 0.25) is 5.02 Å². The van der Waals surface area contributed by atoms with Gasteiger partial charge in [-0.25, -0.2) is 0 Å². The number of hydrogen-bond donors (Lipinski definition) is 2. The van der Waals surface area contributed by atoms with Gasteiger partial charge in [0, 0.05) is 23.5 Å². The van der Waals surface area contributed by atoms with Gasteiger partial charge in [0.15, 0.2) is 0 Å². The minimum atomic E-state index is -4.70. The Balaban J connectivity index is 2.30. The summed E-state index contributed by atoms with van der Waals surface area (Å²) in [7, 11) is 0. The Bertz CT molecular complexity index is 763. The molecule has 0 aliphatic carbocycles. The fourth-order valence-corrected chi connectivity index (χ4v) is 2.35. The zero-order chi connectivity index (χ0) is 17.9. The Morgan fingerprint density at radius 1 is 1.33 bits per heavy atom. The summed E-state index contributed by atoms with van der Waals surface area (Å²) in [6.45, 7) is 1.96. The first-order valence-electron chi connectivity index (χ1n) is 7.08. The van der Waals surface area contributed by atoms with Crippen LogP contribution in [0.3, 0.4) is 0 Å². The number of rotatable bonds is 4. The third kappa shape index (κ3) is 4.17. The molecule has 1 heterocycles. The largest absolute Gasteiger partial charge is 0.506 e. The second-order valence-corrected chi connectivity index (χ2v) is 5.49. The smallest absolute Gasteiger partial charge is 0.417 e. The van der Waals surface area contributed by atoms with Crippen molar-refractivity contribution in [1.82, 2.24) is 4.98 Å². The average Bonchev–Trinajstić information content (AvgIpc) is 2.49. The van der Waals surface area contributed by atoms with Gasteiger partial charge in [-0.15, -0.1) is 0 Å². The second kappa shape index (κ2) is 7.09. The number of phenolic OH excluding ortho intramolecular Hbond substituents is 1. The number of amides is 1. The molecule has 4 nitrogen and oxygen atoms in total. The molecule has 2 N–H and O–H groups in total. The van der Waals surface area contributed by atoms with E-state index >= 15 is 0 Å². The fourth-order valence-electron chi connectivity index (χ4n) is 2.09. The van der Waals surface area contributed by atoms with Crippen LogP contribution < -0.4 is 5.32 Å². The van der Waals surface area contributed by atoms with Crippen LogP contribution in [0.5, 0.6) is 5.75 Å². The van der Waals surface area contributed by atoms with Crippen LogP contribution in [0.4, 0.5) is 18.9 Å². The van der Waals surface area contributed by atoms with Crippen LogP contribution in [-0.4, -0.2) is 16.0 Å². The van der Waals surface area contributed by atoms with E-state index in [1.165, 1.54) is 12.3 Å². The van der Waals surface area contributed by atoms with Gasteiger partial charge in [-0.3, -0.25) is 9.78 Å². The number of benzene rings is 1. The van der Waals surface area contributed by atoms with Crippen molar-refractivity contribution < 1.29 is 23.1 Å². The Kier molecular flexibility index (Phi) is 5.33. The van der Waals surface area contributed by atoms with Crippen molar-refractivity contribution in [2.75, 3.05) is 5.32 Å². The van der Waals surface area contributed by atoms with Gasteiger partial charge in [-0.05, 0) is 24.6 Å². The first-order valence-corrected chi connectivity index (χ1v) is 7.46. The Morgan fingerprint density at radius 2 is 2.04 bits per heavy atom. The molecule has 0 unspecified atom stereocenters. The molecule has 0 aliphatic rings. The van der Waals surface area contributed by atoms with Crippen molar-refractivity contribution in [3.8, 4) is 5.75 Å². The molecular weight excluding hydrogens is 345 g/mol. The van der Waals surface area contributed by atoms with Gasteiger partial charge in [-0.1, -0.05) is 24.9 Å². The number of anilines is 1. The number of alkyl halides is 3. The van der Waals surface area contributed by atoms with Gasteiger partial charge in [0.2, 0.25) is 0 Å². The third-order valence-corrected chi connectivity index (χ3v) is 3.54. The number of hydrogen-bond acceptors (Lipinski definition) is 3. The molecule has 0 spiro atoms. The number of nitrogens with one attached hydrogen (secondary N) is 1. The fraction of sp³-hybridized carbons (Fsp3) is 0.250.